The molecule has 0 spiro atoms. The van der Waals surface area contributed by atoms with Crippen LogP contribution in [0, 0.1) is 0 Å². The van der Waals surface area contributed by atoms with Crippen LogP contribution in [0.2, 0.25) is 0 Å². The zero-order valence-corrected chi connectivity index (χ0v) is 14.3. The molecule has 2 N–H and O–H groups in total. The second-order valence-corrected chi connectivity index (χ2v) is 6.45. The van der Waals surface area contributed by atoms with Crippen molar-refractivity contribution in [2.75, 3.05) is 19.6 Å². The Morgan fingerprint density at radius 2 is 2.00 bits per heavy atom. The van der Waals surface area contributed by atoms with Gasteiger partial charge >= 0.3 is 0 Å². The standard InChI is InChI=1S/C20H23N5/c1-15-19-8-12-25-20(24-19)18(14-23-25)17-7-2-5-16(13-17)6-3-9-21-10-4-11-22-15/h2,5,7-8,12-14,21-22H,1,3-4,6,9-11H2. The molecule has 4 bridgehead atoms. The fraction of sp³-hybridized carbons (Fsp3) is 0.300. The van der Waals surface area contributed by atoms with E-state index >= 15 is 0 Å². The normalized spacial score (nSPS) is 16.1. The van der Waals surface area contributed by atoms with E-state index < -0.39 is 0 Å². The average molecular weight is 333 g/mol. The summed E-state index contributed by atoms with van der Waals surface area (Å²) in [6, 6.07) is 10.7. The lowest BCUT2D eigenvalue weighted by Gasteiger charge is -2.11. The lowest BCUT2D eigenvalue weighted by molar-refractivity contribution is 0.614. The number of nitrogens with one attached hydrogen (secondary N) is 2. The number of fused-ring (bicyclic) bond motifs is 4. The van der Waals surface area contributed by atoms with Crippen molar-refractivity contribution in [2.24, 2.45) is 0 Å². The molecule has 0 unspecified atom stereocenters. The van der Waals surface area contributed by atoms with E-state index in [-0.39, 0.29) is 0 Å². The molecule has 3 heterocycles. The first kappa shape index (κ1) is 15.8. The molecule has 0 radical (unpaired) electrons. The molecule has 0 fully saturated rings. The van der Waals surface area contributed by atoms with Gasteiger partial charge in [0.15, 0.2) is 5.65 Å². The highest BCUT2D eigenvalue weighted by Crippen LogP contribution is 2.25. The van der Waals surface area contributed by atoms with Gasteiger partial charge in [-0.05, 0) is 49.5 Å². The Bertz CT molecular complexity index is 896. The van der Waals surface area contributed by atoms with Crippen molar-refractivity contribution in [2.45, 2.75) is 19.3 Å². The Hall–Kier alpha value is -2.66. The molecule has 0 atom stereocenters. The van der Waals surface area contributed by atoms with Crippen LogP contribution >= 0.6 is 0 Å². The zero-order valence-electron chi connectivity index (χ0n) is 14.3. The fourth-order valence-corrected chi connectivity index (χ4v) is 3.22. The summed E-state index contributed by atoms with van der Waals surface area (Å²) in [5, 5.41) is 11.3. The topological polar surface area (TPSA) is 54.2 Å². The third-order valence-electron chi connectivity index (χ3n) is 4.60. The third-order valence-corrected chi connectivity index (χ3v) is 4.60. The molecule has 1 aliphatic heterocycles. The van der Waals surface area contributed by atoms with E-state index in [4.69, 9.17) is 4.98 Å². The van der Waals surface area contributed by atoms with Crippen LogP contribution in [-0.2, 0) is 6.42 Å². The molecule has 4 rings (SSSR count). The smallest absolute Gasteiger partial charge is 0.163 e. The lowest BCUT2D eigenvalue weighted by atomic mass is 10.0. The van der Waals surface area contributed by atoms with Crippen molar-refractivity contribution >= 4 is 11.3 Å². The van der Waals surface area contributed by atoms with Gasteiger partial charge in [-0.25, -0.2) is 9.50 Å². The minimum atomic E-state index is 0.857. The van der Waals surface area contributed by atoms with Crippen molar-refractivity contribution in [3.63, 3.8) is 0 Å². The van der Waals surface area contributed by atoms with Crippen molar-refractivity contribution in [1.82, 2.24) is 25.2 Å². The number of aryl methyl sites for hydroxylation is 1. The van der Waals surface area contributed by atoms with Crippen molar-refractivity contribution < 1.29 is 0 Å². The van der Waals surface area contributed by atoms with Gasteiger partial charge in [0, 0.05) is 18.3 Å². The van der Waals surface area contributed by atoms with E-state index in [0.29, 0.717) is 0 Å². The number of nitrogens with zero attached hydrogens (tertiary/aromatic N) is 3. The Labute approximate surface area is 147 Å². The van der Waals surface area contributed by atoms with Gasteiger partial charge in [0.05, 0.1) is 17.6 Å². The third kappa shape index (κ3) is 3.42. The Morgan fingerprint density at radius 3 is 2.96 bits per heavy atom. The number of hydrogen-bond donors (Lipinski definition) is 2. The second-order valence-electron chi connectivity index (χ2n) is 6.45. The number of aromatic nitrogens is 3. The van der Waals surface area contributed by atoms with E-state index in [1.165, 1.54) is 5.56 Å². The van der Waals surface area contributed by atoms with Gasteiger partial charge in [-0.2, -0.15) is 5.10 Å². The van der Waals surface area contributed by atoms with Gasteiger partial charge < -0.3 is 10.6 Å². The van der Waals surface area contributed by atoms with E-state index in [0.717, 1.165) is 67.1 Å². The summed E-state index contributed by atoms with van der Waals surface area (Å²) < 4.78 is 1.83. The lowest BCUT2D eigenvalue weighted by Crippen LogP contribution is -2.22. The molecule has 1 aromatic carbocycles. The molecule has 25 heavy (non-hydrogen) atoms. The summed E-state index contributed by atoms with van der Waals surface area (Å²) >= 11 is 0. The number of rotatable bonds is 0. The zero-order chi connectivity index (χ0) is 17.1. The number of benzene rings is 1. The molecule has 5 nitrogen and oxygen atoms in total. The molecule has 0 saturated heterocycles. The minimum absolute atomic E-state index is 0.857. The Balaban J connectivity index is 1.77. The molecule has 3 aromatic rings. The van der Waals surface area contributed by atoms with Crippen molar-refractivity contribution in [1.29, 1.82) is 0 Å². The highest BCUT2D eigenvalue weighted by molar-refractivity contribution is 5.78. The van der Waals surface area contributed by atoms with Crippen LogP contribution in [0.1, 0.15) is 24.1 Å². The van der Waals surface area contributed by atoms with E-state index in [9.17, 15) is 0 Å². The molecule has 0 amide bonds. The van der Waals surface area contributed by atoms with Crippen LogP contribution in [0.4, 0.5) is 0 Å². The maximum absolute atomic E-state index is 4.80. The average Bonchev–Trinajstić information content (AvgIpc) is 3.06. The minimum Gasteiger partial charge on any atom is -0.384 e. The van der Waals surface area contributed by atoms with Crippen molar-refractivity contribution in [3.8, 4) is 11.1 Å². The Kier molecular flexibility index (Phi) is 4.48. The molecule has 1 aliphatic rings. The molecule has 128 valence electrons. The summed E-state index contributed by atoms with van der Waals surface area (Å²) in [6.45, 7) is 7.09. The molecular weight excluding hydrogens is 310 g/mol. The fourth-order valence-electron chi connectivity index (χ4n) is 3.22. The predicted molar refractivity (Wildman–Crippen MR) is 101 cm³/mol. The van der Waals surface area contributed by atoms with Crippen LogP contribution < -0.4 is 10.6 Å². The molecule has 5 heteroatoms. The van der Waals surface area contributed by atoms with Crippen molar-refractivity contribution in [3.05, 3.63) is 60.6 Å². The highest BCUT2D eigenvalue weighted by atomic mass is 15.2. The van der Waals surface area contributed by atoms with Crippen LogP contribution in [0.25, 0.3) is 22.5 Å². The summed E-state index contributed by atoms with van der Waals surface area (Å²) in [5.41, 5.74) is 6.16. The molecular formula is C20H23N5. The first-order valence-corrected chi connectivity index (χ1v) is 8.89. The van der Waals surface area contributed by atoms with Crippen LogP contribution in [0.3, 0.4) is 0 Å². The summed E-state index contributed by atoms with van der Waals surface area (Å²) in [5.74, 6) is 0. The maximum atomic E-state index is 4.80. The van der Waals surface area contributed by atoms with Gasteiger partial charge in [0.25, 0.3) is 0 Å². The van der Waals surface area contributed by atoms with E-state index in [2.05, 4.69) is 46.6 Å². The summed E-state index contributed by atoms with van der Waals surface area (Å²) in [7, 11) is 0. The first-order chi connectivity index (χ1) is 12.3. The van der Waals surface area contributed by atoms with Gasteiger partial charge in [0.2, 0.25) is 0 Å². The highest BCUT2D eigenvalue weighted by Gasteiger charge is 2.11. The second kappa shape index (κ2) is 7.07. The van der Waals surface area contributed by atoms with Crippen LogP contribution in [-0.4, -0.2) is 34.2 Å². The monoisotopic (exact) mass is 333 g/mol. The maximum Gasteiger partial charge on any atom is 0.163 e. The van der Waals surface area contributed by atoms with Gasteiger partial charge in [0.1, 0.15) is 0 Å². The number of hydrogen-bond acceptors (Lipinski definition) is 4. The largest absolute Gasteiger partial charge is 0.384 e. The summed E-state index contributed by atoms with van der Waals surface area (Å²) in [4.78, 5) is 4.80. The SMILES string of the molecule is C=C1NCCCNCCCc2cccc(c2)-c2cnn3ccc1nc23. The quantitative estimate of drug-likeness (QED) is 0.664. The van der Waals surface area contributed by atoms with Gasteiger partial charge in [-0.15, -0.1) is 0 Å². The van der Waals surface area contributed by atoms with Gasteiger partial charge in [-0.3, -0.25) is 0 Å². The first-order valence-electron chi connectivity index (χ1n) is 8.89. The molecule has 2 aromatic heterocycles. The predicted octanol–water partition coefficient (Wildman–Crippen LogP) is 2.88. The van der Waals surface area contributed by atoms with E-state index in [1.807, 2.05) is 23.0 Å². The van der Waals surface area contributed by atoms with Crippen LogP contribution in [0.15, 0.2) is 49.3 Å². The molecule has 0 aliphatic carbocycles. The van der Waals surface area contributed by atoms with Crippen LogP contribution in [0.5, 0.6) is 0 Å². The molecule has 0 saturated carbocycles. The van der Waals surface area contributed by atoms with E-state index in [1.54, 1.807) is 0 Å². The van der Waals surface area contributed by atoms with Gasteiger partial charge in [-0.1, -0.05) is 30.8 Å². The Morgan fingerprint density at radius 1 is 1.08 bits per heavy atom. The summed E-state index contributed by atoms with van der Waals surface area (Å²) in [6.07, 6.45) is 7.12.